The maximum Gasteiger partial charge on any atom is 0.101 e. The molecule has 5 heteroatoms. The first-order chi connectivity index (χ1) is 4.50. The molecule has 1 N–H and O–H groups in total. The zero-order valence-electron chi connectivity index (χ0n) is 5.40. The first-order valence-corrected chi connectivity index (χ1v) is 5.36. The summed E-state index contributed by atoms with van der Waals surface area (Å²) >= 11 is 15.1. The van der Waals surface area contributed by atoms with E-state index in [9.17, 15) is 0 Å². The quantitative estimate of drug-likeness (QED) is 0.355. The van der Waals surface area contributed by atoms with Gasteiger partial charge in [-0.3, -0.25) is 5.32 Å². The van der Waals surface area contributed by atoms with Gasteiger partial charge >= 0.3 is 0 Å². The van der Waals surface area contributed by atoms with E-state index in [1.54, 1.807) is 0 Å². The standard InChI is InChI=1S/C5H9NS4/c1-4-5(9,10-4)2(7)3(8)6-4/h2-3,6-9H,1H3. The summed E-state index contributed by atoms with van der Waals surface area (Å²) in [4.78, 5) is 0.120. The number of hydrogen-bond acceptors (Lipinski definition) is 5. The van der Waals surface area contributed by atoms with Gasteiger partial charge in [0.2, 0.25) is 0 Å². The molecule has 10 heavy (non-hydrogen) atoms. The minimum atomic E-state index is 0.0164. The number of rotatable bonds is 0. The Bertz CT molecular complexity index is 186. The molecule has 58 valence electrons. The molecule has 2 fully saturated rings. The SMILES string of the molecule is CC12NC(S)C(S)C1(S)S2. The van der Waals surface area contributed by atoms with Gasteiger partial charge < -0.3 is 0 Å². The van der Waals surface area contributed by atoms with Gasteiger partial charge in [-0.2, -0.15) is 37.9 Å². The first kappa shape index (κ1) is 7.98. The maximum absolute atomic E-state index is 4.54. The third kappa shape index (κ3) is 0.759. The molecule has 2 aliphatic rings. The van der Waals surface area contributed by atoms with Crippen molar-refractivity contribution in [1.29, 1.82) is 0 Å². The van der Waals surface area contributed by atoms with Crippen LogP contribution in [0.3, 0.4) is 0 Å². The molecule has 0 spiro atoms. The zero-order valence-corrected chi connectivity index (χ0v) is 8.90. The Labute approximate surface area is 81.3 Å². The normalized spacial score (nSPS) is 66.0. The lowest BCUT2D eigenvalue weighted by molar-refractivity contribution is 0.649. The molecule has 2 heterocycles. The zero-order chi connectivity index (χ0) is 7.57. The van der Waals surface area contributed by atoms with Gasteiger partial charge in [-0.25, -0.2) is 0 Å². The summed E-state index contributed by atoms with van der Waals surface area (Å²) in [5, 5.41) is 3.76. The van der Waals surface area contributed by atoms with Gasteiger partial charge in [0, 0.05) is 0 Å². The lowest BCUT2D eigenvalue weighted by Gasteiger charge is -2.14. The third-order valence-corrected chi connectivity index (χ3v) is 6.62. The lowest BCUT2D eigenvalue weighted by Crippen LogP contribution is -2.30. The van der Waals surface area contributed by atoms with E-state index in [1.807, 2.05) is 11.8 Å². The molecule has 2 rings (SSSR count). The van der Waals surface area contributed by atoms with Crippen molar-refractivity contribution < 1.29 is 0 Å². The van der Waals surface area contributed by atoms with Gasteiger partial charge in [-0.15, -0.1) is 11.8 Å². The number of fused-ring (bicyclic) bond motifs is 1. The van der Waals surface area contributed by atoms with E-state index in [1.165, 1.54) is 0 Å². The van der Waals surface area contributed by atoms with Gasteiger partial charge in [0.15, 0.2) is 0 Å². The van der Waals surface area contributed by atoms with Gasteiger partial charge in [-0.05, 0) is 6.92 Å². The second-order valence-electron chi connectivity index (χ2n) is 2.87. The van der Waals surface area contributed by atoms with E-state index in [-0.39, 0.29) is 19.6 Å². The summed E-state index contributed by atoms with van der Waals surface area (Å²) in [5.74, 6) is 0. The highest BCUT2D eigenvalue weighted by atomic mass is 32.2. The molecule has 0 radical (unpaired) electrons. The molecular weight excluding hydrogens is 202 g/mol. The van der Waals surface area contributed by atoms with E-state index in [2.05, 4.69) is 50.1 Å². The highest BCUT2D eigenvalue weighted by Crippen LogP contribution is 2.71. The number of nitrogens with one attached hydrogen (secondary N) is 1. The smallest absolute Gasteiger partial charge is 0.101 e. The van der Waals surface area contributed by atoms with Crippen LogP contribution in [0.15, 0.2) is 0 Å². The van der Waals surface area contributed by atoms with Crippen LogP contribution in [0.25, 0.3) is 0 Å². The molecule has 0 aromatic carbocycles. The van der Waals surface area contributed by atoms with Crippen molar-refractivity contribution >= 4 is 49.6 Å². The molecule has 4 unspecified atom stereocenters. The summed E-state index contributed by atoms with van der Waals surface area (Å²) in [6.07, 6.45) is 0. The van der Waals surface area contributed by atoms with Gasteiger partial charge in [0.1, 0.15) is 4.08 Å². The van der Waals surface area contributed by atoms with E-state index < -0.39 is 0 Å². The van der Waals surface area contributed by atoms with E-state index >= 15 is 0 Å². The Balaban J connectivity index is 2.27. The van der Waals surface area contributed by atoms with Crippen molar-refractivity contribution in [1.82, 2.24) is 5.32 Å². The minimum Gasteiger partial charge on any atom is -0.288 e. The summed E-state index contributed by atoms with van der Waals surface area (Å²) in [6.45, 7) is 2.14. The van der Waals surface area contributed by atoms with Crippen molar-refractivity contribution in [3.8, 4) is 0 Å². The molecule has 0 aromatic rings. The highest BCUT2D eigenvalue weighted by Gasteiger charge is 2.73. The van der Waals surface area contributed by atoms with Crippen LogP contribution in [0, 0.1) is 0 Å². The molecule has 1 nitrogen and oxygen atoms in total. The summed E-state index contributed by atoms with van der Waals surface area (Å²) in [7, 11) is 0. The van der Waals surface area contributed by atoms with Crippen LogP contribution in [0.1, 0.15) is 6.92 Å². The van der Waals surface area contributed by atoms with Crippen molar-refractivity contribution in [2.24, 2.45) is 0 Å². The van der Waals surface area contributed by atoms with Crippen molar-refractivity contribution in [2.45, 2.75) is 26.5 Å². The monoisotopic (exact) mass is 211 g/mol. The van der Waals surface area contributed by atoms with Gasteiger partial charge in [-0.1, -0.05) is 0 Å². The van der Waals surface area contributed by atoms with Crippen LogP contribution in [0.5, 0.6) is 0 Å². The van der Waals surface area contributed by atoms with Crippen LogP contribution in [-0.4, -0.2) is 19.6 Å². The number of hydrogen-bond donors (Lipinski definition) is 4. The third-order valence-electron chi connectivity index (χ3n) is 2.12. The van der Waals surface area contributed by atoms with Crippen LogP contribution in [0.2, 0.25) is 0 Å². The summed E-state index contributed by atoms with van der Waals surface area (Å²) in [6, 6.07) is 0. The second kappa shape index (κ2) is 1.99. The van der Waals surface area contributed by atoms with Crippen LogP contribution in [-0.2, 0) is 0 Å². The molecular formula is C5H9NS4. The van der Waals surface area contributed by atoms with Crippen molar-refractivity contribution in [3.05, 3.63) is 0 Å². The van der Waals surface area contributed by atoms with Crippen LogP contribution >= 0.6 is 49.6 Å². The summed E-state index contributed by atoms with van der Waals surface area (Å²) in [5.41, 5.74) is 0. The molecule has 0 bridgehead atoms. The molecule has 2 aliphatic heterocycles. The van der Waals surface area contributed by atoms with Crippen LogP contribution in [0.4, 0.5) is 0 Å². The predicted molar refractivity (Wildman–Crippen MR) is 56.4 cm³/mol. The van der Waals surface area contributed by atoms with Gasteiger partial charge in [0.25, 0.3) is 0 Å². The molecule has 2 saturated heterocycles. The average molecular weight is 211 g/mol. The predicted octanol–water partition coefficient (Wildman–Crippen LogP) is 1.23. The maximum atomic E-state index is 4.54. The van der Waals surface area contributed by atoms with Crippen LogP contribution < -0.4 is 5.32 Å². The van der Waals surface area contributed by atoms with Crippen molar-refractivity contribution in [2.75, 3.05) is 0 Å². The topological polar surface area (TPSA) is 12.0 Å². The fourth-order valence-corrected chi connectivity index (χ4v) is 4.66. The number of thiol groups is 3. The van der Waals surface area contributed by atoms with Gasteiger partial charge in [0.05, 0.1) is 15.5 Å². The Morgan fingerprint density at radius 1 is 1.50 bits per heavy atom. The fraction of sp³-hybridized carbons (Fsp3) is 1.00. The molecule has 0 aromatic heterocycles. The van der Waals surface area contributed by atoms with Crippen molar-refractivity contribution in [3.63, 3.8) is 0 Å². The Kier molecular flexibility index (Phi) is 1.59. The number of thioether (sulfide) groups is 1. The fourth-order valence-electron chi connectivity index (χ4n) is 1.34. The molecule has 0 saturated carbocycles. The Hall–Kier alpha value is 1.36. The molecule has 0 amide bonds. The first-order valence-electron chi connectivity index (χ1n) is 3.06. The molecule has 0 aliphatic carbocycles. The van der Waals surface area contributed by atoms with E-state index in [0.717, 1.165) is 0 Å². The second-order valence-corrected chi connectivity index (χ2v) is 6.65. The largest absolute Gasteiger partial charge is 0.288 e. The lowest BCUT2D eigenvalue weighted by atomic mass is 10.2. The average Bonchev–Trinajstić information content (AvgIpc) is 2.29. The van der Waals surface area contributed by atoms with E-state index in [4.69, 9.17) is 0 Å². The minimum absolute atomic E-state index is 0.0164. The molecule has 4 atom stereocenters. The Morgan fingerprint density at radius 3 is 2.30 bits per heavy atom. The summed E-state index contributed by atoms with van der Waals surface area (Å²) < 4.78 is 0.0164. The van der Waals surface area contributed by atoms with E-state index in [0.29, 0.717) is 0 Å². The highest BCUT2D eigenvalue weighted by molar-refractivity contribution is 8.21. The Morgan fingerprint density at radius 2 is 2.10 bits per heavy atom.